The molecule has 1 heterocycles. The number of aromatic hydroxyl groups is 1. The summed E-state index contributed by atoms with van der Waals surface area (Å²) in [4.78, 5) is 25.7. The number of halogens is 1. The third kappa shape index (κ3) is 3.67. The topological polar surface area (TPSA) is 66.8 Å². The van der Waals surface area contributed by atoms with Gasteiger partial charge in [0.1, 0.15) is 5.75 Å². The molecule has 5 nitrogen and oxygen atoms in total. The van der Waals surface area contributed by atoms with Gasteiger partial charge >= 0.3 is 5.97 Å². The van der Waals surface area contributed by atoms with Crippen molar-refractivity contribution in [3.8, 4) is 5.75 Å². The number of phenols is 1. The van der Waals surface area contributed by atoms with Crippen molar-refractivity contribution in [1.82, 2.24) is 4.90 Å². The van der Waals surface area contributed by atoms with Crippen molar-refractivity contribution in [3.63, 3.8) is 0 Å². The van der Waals surface area contributed by atoms with Crippen LogP contribution in [0.15, 0.2) is 18.2 Å². The van der Waals surface area contributed by atoms with Gasteiger partial charge in [0.25, 0.3) is 5.91 Å². The Balaban J connectivity index is 2.22. The fraction of sp³-hybridized carbons (Fsp3) is 0.467. The summed E-state index contributed by atoms with van der Waals surface area (Å²) in [6.07, 6.45) is 2.77. The van der Waals surface area contributed by atoms with Crippen LogP contribution in [0.4, 0.5) is 0 Å². The Morgan fingerprint density at radius 2 is 2.19 bits per heavy atom. The number of carbonyl (C=O) groups is 2. The van der Waals surface area contributed by atoms with E-state index in [0.717, 1.165) is 19.3 Å². The highest BCUT2D eigenvalue weighted by atomic mass is 35.5. The van der Waals surface area contributed by atoms with Crippen molar-refractivity contribution in [2.24, 2.45) is 0 Å². The molecule has 1 unspecified atom stereocenters. The first kappa shape index (κ1) is 15.6. The summed E-state index contributed by atoms with van der Waals surface area (Å²) in [7, 11) is 1.33. The molecule has 1 aromatic rings. The second-order valence-electron chi connectivity index (χ2n) is 5.09. The van der Waals surface area contributed by atoms with Gasteiger partial charge in [-0.1, -0.05) is 11.6 Å². The molecule has 114 valence electrons. The zero-order valence-corrected chi connectivity index (χ0v) is 12.6. The number of piperidine rings is 1. The van der Waals surface area contributed by atoms with E-state index in [1.54, 1.807) is 4.90 Å². The lowest BCUT2D eigenvalue weighted by atomic mass is 9.98. The minimum atomic E-state index is -0.338. The number of ether oxygens (including phenoxy) is 1. The molecule has 0 aliphatic carbocycles. The fourth-order valence-electron chi connectivity index (χ4n) is 2.59. The van der Waals surface area contributed by atoms with E-state index in [1.165, 1.54) is 25.3 Å². The van der Waals surface area contributed by atoms with E-state index in [0.29, 0.717) is 11.6 Å². The number of carbonyl (C=O) groups excluding carboxylic acids is 2. The lowest BCUT2D eigenvalue weighted by molar-refractivity contribution is -0.142. The van der Waals surface area contributed by atoms with Crippen molar-refractivity contribution >= 4 is 23.5 Å². The van der Waals surface area contributed by atoms with Gasteiger partial charge in [-0.05, 0) is 37.5 Å². The molecule has 0 radical (unpaired) electrons. The number of nitrogens with zero attached hydrogens (tertiary/aromatic N) is 1. The molecule has 1 atom stereocenters. The second kappa shape index (κ2) is 6.80. The Morgan fingerprint density at radius 3 is 2.90 bits per heavy atom. The number of likely N-dealkylation sites (tertiary alicyclic amines) is 1. The van der Waals surface area contributed by atoms with E-state index >= 15 is 0 Å². The number of rotatable bonds is 3. The molecule has 21 heavy (non-hydrogen) atoms. The lowest BCUT2D eigenvalue weighted by Crippen LogP contribution is -2.44. The van der Waals surface area contributed by atoms with Crippen LogP contribution < -0.4 is 0 Å². The van der Waals surface area contributed by atoms with Crippen molar-refractivity contribution in [1.29, 1.82) is 0 Å². The predicted molar refractivity (Wildman–Crippen MR) is 78.4 cm³/mol. The highest BCUT2D eigenvalue weighted by molar-refractivity contribution is 6.31. The highest BCUT2D eigenvalue weighted by Crippen LogP contribution is 2.27. The Hall–Kier alpha value is -1.75. The molecule has 0 aromatic heterocycles. The molecule has 1 fully saturated rings. The van der Waals surface area contributed by atoms with Crippen molar-refractivity contribution in [3.05, 3.63) is 28.8 Å². The fourth-order valence-corrected chi connectivity index (χ4v) is 2.76. The zero-order valence-electron chi connectivity index (χ0n) is 11.8. The van der Waals surface area contributed by atoms with E-state index < -0.39 is 0 Å². The second-order valence-corrected chi connectivity index (χ2v) is 5.53. The van der Waals surface area contributed by atoms with E-state index in [-0.39, 0.29) is 35.7 Å². The summed E-state index contributed by atoms with van der Waals surface area (Å²) in [5, 5.41) is 10.2. The Bertz CT molecular complexity index is 546. The average molecular weight is 312 g/mol. The molecule has 1 aliphatic rings. The smallest absolute Gasteiger partial charge is 0.307 e. The maximum atomic E-state index is 12.6. The van der Waals surface area contributed by atoms with E-state index in [9.17, 15) is 14.7 Å². The standard InChI is InChI=1S/C15H18ClNO4/c1-21-14(19)9-11-4-2-3-7-17(11)15(20)12-8-10(16)5-6-13(12)18/h5-6,8,11,18H,2-4,7,9H2,1H3. The third-order valence-electron chi connectivity index (χ3n) is 3.71. The van der Waals surface area contributed by atoms with Crippen LogP contribution in [0.5, 0.6) is 5.75 Å². The Morgan fingerprint density at radius 1 is 1.43 bits per heavy atom. The van der Waals surface area contributed by atoms with Crippen LogP contribution >= 0.6 is 11.6 Å². The van der Waals surface area contributed by atoms with Crippen LogP contribution in [0, 0.1) is 0 Å². The molecule has 1 amide bonds. The number of hydrogen-bond acceptors (Lipinski definition) is 4. The minimum absolute atomic E-state index is 0.105. The van der Waals surface area contributed by atoms with Gasteiger partial charge in [-0.2, -0.15) is 0 Å². The number of amides is 1. The van der Waals surface area contributed by atoms with Gasteiger partial charge in [0.2, 0.25) is 0 Å². The first-order valence-electron chi connectivity index (χ1n) is 6.89. The summed E-state index contributed by atoms with van der Waals surface area (Å²) >= 11 is 5.89. The normalized spacial score (nSPS) is 18.4. The van der Waals surface area contributed by atoms with Crippen molar-refractivity contribution < 1.29 is 19.4 Å². The van der Waals surface area contributed by atoms with Crippen LogP contribution in [-0.4, -0.2) is 41.6 Å². The predicted octanol–water partition coefficient (Wildman–Crippen LogP) is 2.60. The number of benzene rings is 1. The zero-order chi connectivity index (χ0) is 15.4. The monoisotopic (exact) mass is 311 g/mol. The molecule has 0 saturated carbocycles. The van der Waals surface area contributed by atoms with Crippen LogP contribution in [0.25, 0.3) is 0 Å². The molecule has 0 spiro atoms. The largest absolute Gasteiger partial charge is 0.507 e. The lowest BCUT2D eigenvalue weighted by Gasteiger charge is -2.35. The van der Waals surface area contributed by atoms with Crippen molar-refractivity contribution in [2.45, 2.75) is 31.7 Å². The maximum Gasteiger partial charge on any atom is 0.307 e. The van der Waals surface area contributed by atoms with Crippen LogP contribution in [-0.2, 0) is 9.53 Å². The van der Waals surface area contributed by atoms with Gasteiger partial charge in [0.05, 0.1) is 19.1 Å². The van der Waals surface area contributed by atoms with Gasteiger partial charge in [-0.3, -0.25) is 9.59 Å². The molecular formula is C15H18ClNO4. The van der Waals surface area contributed by atoms with Gasteiger partial charge < -0.3 is 14.7 Å². The van der Waals surface area contributed by atoms with Crippen molar-refractivity contribution in [2.75, 3.05) is 13.7 Å². The highest BCUT2D eigenvalue weighted by Gasteiger charge is 2.30. The third-order valence-corrected chi connectivity index (χ3v) is 3.94. The van der Waals surface area contributed by atoms with Gasteiger partial charge in [-0.15, -0.1) is 0 Å². The van der Waals surface area contributed by atoms with Gasteiger partial charge in [0.15, 0.2) is 0 Å². The molecular weight excluding hydrogens is 294 g/mol. The summed E-state index contributed by atoms with van der Waals surface area (Å²) in [6.45, 7) is 0.562. The summed E-state index contributed by atoms with van der Waals surface area (Å²) < 4.78 is 4.68. The quantitative estimate of drug-likeness (QED) is 0.871. The molecule has 1 aromatic carbocycles. The van der Waals surface area contributed by atoms with E-state index in [4.69, 9.17) is 11.6 Å². The molecule has 1 N–H and O–H groups in total. The SMILES string of the molecule is COC(=O)CC1CCCCN1C(=O)c1cc(Cl)ccc1O. The van der Waals surface area contributed by atoms with Crippen LogP contribution in [0.2, 0.25) is 5.02 Å². The van der Waals surface area contributed by atoms with E-state index in [1.807, 2.05) is 0 Å². The number of phenolic OH excluding ortho intramolecular Hbond substituents is 1. The molecule has 1 saturated heterocycles. The number of methoxy groups -OCH3 is 1. The van der Waals surface area contributed by atoms with Gasteiger partial charge in [-0.25, -0.2) is 0 Å². The van der Waals surface area contributed by atoms with Crippen LogP contribution in [0.3, 0.4) is 0 Å². The molecule has 1 aliphatic heterocycles. The first-order chi connectivity index (χ1) is 10.0. The van der Waals surface area contributed by atoms with E-state index in [2.05, 4.69) is 4.74 Å². The molecule has 2 rings (SSSR count). The Kier molecular flexibility index (Phi) is 5.07. The average Bonchev–Trinajstić information content (AvgIpc) is 2.49. The molecule has 0 bridgehead atoms. The number of hydrogen-bond donors (Lipinski definition) is 1. The first-order valence-corrected chi connectivity index (χ1v) is 7.27. The summed E-state index contributed by atoms with van der Waals surface area (Å²) in [5.74, 6) is -0.745. The molecule has 6 heteroatoms. The number of esters is 1. The minimum Gasteiger partial charge on any atom is -0.507 e. The maximum absolute atomic E-state index is 12.6. The summed E-state index contributed by atoms with van der Waals surface area (Å²) in [6, 6.07) is 4.17. The summed E-state index contributed by atoms with van der Waals surface area (Å²) in [5.41, 5.74) is 0.166. The van der Waals surface area contributed by atoms with Gasteiger partial charge in [0, 0.05) is 17.6 Å². The Labute approximate surface area is 128 Å². The van der Waals surface area contributed by atoms with Crippen LogP contribution in [0.1, 0.15) is 36.0 Å².